The predicted octanol–water partition coefficient (Wildman–Crippen LogP) is 2.96. The van der Waals surface area contributed by atoms with Gasteiger partial charge in [-0.25, -0.2) is 9.59 Å². The van der Waals surface area contributed by atoms with E-state index in [1.54, 1.807) is 19.1 Å². The molecule has 0 aromatic heterocycles. The van der Waals surface area contributed by atoms with Crippen molar-refractivity contribution in [3.8, 4) is 0 Å². The number of esters is 2. The third-order valence-electron chi connectivity index (χ3n) is 4.14. The van der Waals surface area contributed by atoms with E-state index in [0.29, 0.717) is 18.4 Å². The van der Waals surface area contributed by atoms with Gasteiger partial charge in [-0.05, 0) is 43.5 Å². The third kappa shape index (κ3) is 9.86. The Labute approximate surface area is 176 Å². The van der Waals surface area contributed by atoms with Crippen LogP contribution in [-0.4, -0.2) is 48.2 Å². The van der Waals surface area contributed by atoms with Gasteiger partial charge in [-0.15, -0.1) is 0 Å². The number of carbonyl (C=O) groups is 4. The van der Waals surface area contributed by atoms with Crippen LogP contribution >= 0.6 is 0 Å². The molecule has 30 heavy (non-hydrogen) atoms. The van der Waals surface area contributed by atoms with Gasteiger partial charge in [0.2, 0.25) is 0 Å². The maximum absolute atomic E-state index is 12.5. The molecule has 8 heteroatoms. The molecule has 0 saturated heterocycles. The molecule has 1 atom stereocenters. The first-order valence-electron chi connectivity index (χ1n) is 10.0. The Morgan fingerprint density at radius 3 is 2.37 bits per heavy atom. The number of hydrogen-bond donors (Lipinski definition) is 2. The number of nitrogens with one attached hydrogen (secondary N) is 1. The minimum absolute atomic E-state index is 0.210. The van der Waals surface area contributed by atoms with Crippen LogP contribution in [0.2, 0.25) is 0 Å². The molecule has 164 valence electrons. The van der Waals surface area contributed by atoms with Gasteiger partial charge in [-0.2, -0.15) is 0 Å². The molecule has 0 aliphatic rings. The molecule has 1 amide bonds. The average Bonchev–Trinajstić information content (AvgIpc) is 2.73. The van der Waals surface area contributed by atoms with E-state index in [9.17, 15) is 19.2 Å². The molecule has 8 nitrogen and oxygen atoms in total. The molecule has 0 heterocycles. The predicted molar refractivity (Wildman–Crippen MR) is 111 cm³/mol. The standard InChI is InChI=1S/C22H29NO7/c1-3-5-6-7-8-18(21(27)23-15-20(26)29-4-2)30-22(28)17-12-9-16(10-13-17)11-14-19(24)25/h9-14,18H,3-8,15H2,1-2H3,(H,23,27)(H,24,25)/b14-11+. The first-order valence-corrected chi connectivity index (χ1v) is 10.0. The molecule has 0 bridgehead atoms. The number of benzene rings is 1. The fourth-order valence-electron chi connectivity index (χ4n) is 2.58. The molecule has 0 spiro atoms. The van der Waals surface area contributed by atoms with E-state index >= 15 is 0 Å². The van der Waals surface area contributed by atoms with E-state index in [4.69, 9.17) is 14.6 Å². The van der Waals surface area contributed by atoms with Crippen LogP contribution in [0, 0.1) is 0 Å². The van der Waals surface area contributed by atoms with Gasteiger partial charge in [0.15, 0.2) is 6.10 Å². The number of unbranched alkanes of at least 4 members (excludes halogenated alkanes) is 3. The van der Waals surface area contributed by atoms with Crippen LogP contribution in [0.25, 0.3) is 6.08 Å². The molecule has 0 saturated carbocycles. The molecule has 0 aliphatic carbocycles. The molecule has 1 aromatic rings. The molecule has 2 N–H and O–H groups in total. The SMILES string of the molecule is CCCCCCC(OC(=O)c1ccc(/C=C/C(=O)O)cc1)C(=O)NCC(=O)OCC. The highest BCUT2D eigenvalue weighted by Gasteiger charge is 2.24. The minimum atomic E-state index is -1.07. The van der Waals surface area contributed by atoms with Crippen LogP contribution in [0.15, 0.2) is 30.3 Å². The van der Waals surface area contributed by atoms with E-state index in [0.717, 1.165) is 25.3 Å². The average molecular weight is 419 g/mol. The van der Waals surface area contributed by atoms with Gasteiger partial charge < -0.3 is 19.9 Å². The second-order valence-corrected chi connectivity index (χ2v) is 6.56. The fourth-order valence-corrected chi connectivity index (χ4v) is 2.58. The first kappa shape index (κ1) is 24.9. The van der Waals surface area contributed by atoms with Crippen LogP contribution in [0.4, 0.5) is 0 Å². The topological polar surface area (TPSA) is 119 Å². The molecular weight excluding hydrogens is 390 g/mol. The summed E-state index contributed by atoms with van der Waals surface area (Å²) >= 11 is 0. The first-order chi connectivity index (χ1) is 14.4. The maximum atomic E-state index is 12.5. The van der Waals surface area contributed by atoms with Crippen LogP contribution in [0.1, 0.15) is 61.9 Å². The lowest BCUT2D eigenvalue weighted by Crippen LogP contribution is -2.40. The molecule has 1 unspecified atom stereocenters. The summed E-state index contributed by atoms with van der Waals surface area (Å²) in [6, 6.07) is 6.14. The number of ether oxygens (including phenoxy) is 2. The van der Waals surface area contributed by atoms with Gasteiger partial charge in [0.05, 0.1) is 12.2 Å². The lowest BCUT2D eigenvalue weighted by molar-refractivity contribution is -0.144. The van der Waals surface area contributed by atoms with Crippen molar-refractivity contribution in [1.29, 1.82) is 0 Å². The molecule has 0 fully saturated rings. The Bertz CT molecular complexity index is 740. The Balaban J connectivity index is 2.75. The van der Waals surface area contributed by atoms with Crippen molar-refractivity contribution in [3.63, 3.8) is 0 Å². The van der Waals surface area contributed by atoms with Gasteiger partial charge in [0.1, 0.15) is 6.54 Å². The summed E-state index contributed by atoms with van der Waals surface area (Å²) in [6.07, 6.45) is 5.37. The Kier molecular flexibility index (Phi) is 11.5. The number of rotatable bonds is 13. The Hall–Kier alpha value is -3.16. The quantitative estimate of drug-likeness (QED) is 0.287. The normalized spacial score (nSPS) is 11.7. The third-order valence-corrected chi connectivity index (χ3v) is 4.14. The van der Waals surface area contributed by atoms with Crippen molar-refractivity contribution in [2.75, 3.05) is 13.2 Å². The summed E-state index contributed by atoms with van der Waals surface area (Å²) in [7, 11) is 0. The van der Waals surface area contributed by atoms with Crippen LogP contribution in [0.3, 0.4) is 0 Å². The Morgan fingerprint density at radius 2 is 1.77 bits per heavy atom. The summed E-state index contributed by atoms with van der Waals surface area (Å²) < 4.78 is 10.2. The van der Waals surface area contributed by atoms with Gasteiger partial charge in [-0.3, -0.25) is 9.59 Å². The highest BCUT2D eigenvalue weighted by molar-refractivity contribution is 5.93. The number of hydrogen-bond acceptors (Lipinski definition) is 6. The van der Waals surface area contributed by atoms with E-state index in [1.807, 2.05) is 0 Å². The van der Waals surface area contributed by atoms with E-state index < -0.39 is 29.9 Å². The van der Waals surface area contributed by atoms with Crippen molar-refractivity contribution in [1.82, 2.24) is 5.32 Å². The summed E-state index contributed by atoms with van der Waals surface area (Å²) in [5.41, 5.74) is 0.844. The number of aliphatic carboxylic acids is 1. The van der Waals surface area contributed by atoms with Crippen LogP contribution in [-0.2, 0) is 23.9 Å². The number of carboxylic acid groups (broad SMARTS) is 1. The zero-order valence-electron chi connectivity index (χ0n) is 17.4. The fraction of sp³-hybridized carbons (Fsp3) is 0.455. The van der Waals surface area contributed by atoms with Crippen LogP contribution < -0.4 is 5.32 Å². The van der Waals surface area contributed by atoms with Crippen LogP contribution in [0.5, 0.6) is 0 Å². The summed E-state index contributed by atoms with van der Waals surface area (Å²) in [5, 5.41) is 11.1. The summed E-state index contributed by atoms with van der Waals surface area (Å²) in [4.78, 5) is 46.9. The zero-order valence-corrected chi connectivity index (χ0v) is 17.4. The van der Waals surface area contributed by atoms with Crippen molar-refractivity contribution >= 4 is 29.9 Å². The highest BCUT2D eigenvalue weighted by atomic mass is 16.5. The van der Waals surface area contributed by atoms with Crippen molar-refractivity contribution in [2.45, 2.75) is 52.1 Å². The van der Waals surface area contributed by atoms with Crippen molar-refractivity contribution < 1.29 is 33.8 Å². The van der Waals surface area contributed by atoms with Gasteiger partial charge in [0, 0.05) is 6.08 Å². The zero-order chi connectivity index (χ0) is 22.4. The monoisotopic (exact) mass is 419 g/mol. The van der Waals surface area contributed by atoms with E-state index in [2.05, 4.69) is 12.2 Å². The summed E-state index contributed by atoms with van der Waals surface area (Å²) in [5.74, 6) is -2.85. The van der Waals surface area contributed by atoms with E-state index in [-0.39, 0.29) is 18.7 Å². The molecule has 0 aliphatic heterocycles. The largest absolute Gasteiger partial charge is 0.478 e. The second kappa shape index (κ2) is 13.9. The molecule has 0 radical (unpaired) electrons. The molecule has 1 aromatic carbocycles. The molecular formula is C22H29NO7. The van der Waals surface area contributed by atoms with Crippen molar-refractivity contribution in [2.24, 2.45) is 0 Å². The number of amides is 1. The van der Waals surface area contributed by atoms with Gasteiger partial charge in [-0.1, -0.05) is 38.3 Å². The number of carboxylic acids is 1. The lowest BCUT2D eigenvalue weighted by atomic mass is 10.1. The molecule has 1 rings (SSSR count). The smallest absolute Gasteiger partial charge is 0.338 e. The van der Waals surface area contributed by atoms with Gasteiger partial charge >= 0.3 is 17.9 Å². The lowest BCUT2D eigenvalue weighted by Gasteiger charge is -2.17. The van der Waals surface area contributed by atoms with Crippen molar-refractivity contribution in [3.05, 3.63) is 41.5 Å². The highest BCUT2D eigenvalue weighted by Crippen LogP contribution is 2.13. The van der Waals surface area contributed by atoms with Gasteiger partial charge in [0.25, 0.3) is 5.91 Å². The maximum Gasteiger partial charge on any atom is 0.338 e. The number of carbonyl (C=O) groups excluding carboxylic acids is 3. The minimum Gasteiger partial charge on any atom is -0.478 e. The van der Waals surface area contributed by atoms with E-state index in [1.165, 1.54) is 18.2 Å². The Morgan fingerprint density at radius 1 is 1.07 bits per heavy atom. The second-order valence-electron chi connectivity index (χ2n) is 6.56. The summed E-state index contributed by atoms with van der Waals surface area (Å²) in [6.45, 7) is 3.65.